The number of carbonyl (C=O) groups excluding carboxylic acids is 1. The number of amides is 1. The lowest BCUT2D eigenvalue weighted by molar-refractivity contribution is -0.118. The molecule has 1 aromatic carbocycles. The minimum Gasteiger partial charge on any atom is -0.502 e. The lowest BCUT2D eigenvalue weighted by Crippen LogP contribution is -2.17. The van der Waals surface area contributed by atoms with Gasteiger partial charge in [-0.2, -0.15) is 0 Å². The molecule has 1 aromatic heterocycles. The van der Waals surface area contributed by atoms with E-state index in [0.29, 0.717) is 5.76 Å². The quantitative estimate of drug-likeness (QED) is 0.885. The van der Waals surface area contributed by atoms with Gasteiger partial charge in [-0.25, -0.2) is 0 Å². The molecule has 0 spiro atoms. The van der Waals surface area contributed by atoms with Crippen LogP contribution in [0.5, 0.6) is 5.75 Å². The fourth-order valence-electron chi connectivity index (χ4n) is 2.11. The molecule has 1 heterocycles. The minimum absolute atomic E-state index is 0.0516. The molecule has 0 radical (unpaired) electrons. The smallest absolute Gasteiger partial charge is 0.227 e. The van der Waals surface area contributed by atoms with E-state index < -0.39 is 23.0 Å². The number of aromatic hydroxyl groups is 1. The summed E-state index contributed by atoms with van der Waals surface area (Å²) >= 11 is 0. The van der Waals surface area contributed by atoms with Gasteiger partial charge < -0.3 is 15.3 Å². The molecule has 5 nitrogen and oxygen atoms in total. The van der Waals surface area contributed by atoms with Crippen LogP contribution in [0.4, 0.5) is 0 Å². The van der Waals surface area contributed by atoms with E-state index in [-0.39, 0.29) is 12.2 Å². The van der Waals surface area contributed by atoms with E-state index in [9.17, 15) is 14.7 Å². The van der Waals surface area contributed by atoms with Crippen LogP contribution in [-0.4, -0.2) is 11.0 Å². The van der Waals surface area contributed by atoms with E-state index in [1.807, 2.05) is 6.07 Å². The first kappa shape index (κ1) is 13.9. The predicted molar refractivity (Wildman–Crippen MR) is 73.5 cm³/mol. The van der Waals surface area contributed by atoms with Gasteiger partial charge >= 0.3 is 0 Å². The van der Waals surface area contributed by atoms with Gasteiger partial charge in [0.2, 0.25) is 17.1 Å². The first-order chi connectivity index (χ1) is 9.49. The van der Waals surface area contributed by atoms with Crippen LogP contribution in [0.15, 0.2) is 45.6 Å². The fraction of sp³-hybridized carbons (Fsp3) is 0.200. The molecule has 0 aliphatic carbocycles. The molecule has 1 amide bonds. The van der Waals surface area contributed by atoms with E-state index in [4.69, 9.17) is 10.2 Å². The molecule has 1 unspecified atom stereocenters. The van der Waals surface area contributed by atoms with Crippen LogP contribution in [0.2, 0.25) is 0 Å². The Balaban J connectivity index is 2.58. The van der Waals surface area contributed by atoms with E-state index >= 15 is 0 Å². The third-order valence-corrected chi connectivity index (χ3v) is 3.00. The SMILES string of the molecule is Cc1cc(=O)c(O)c(C(CC(N)=O)c2ccccc2)o1. The minimum atomic E-state index is -0.582. The number of rotatable bonds is 4. The van der Waals surface area contributed by atoms with Gasteiger partial charge in [0.1, 0.15) is 5.76 Å². The van der Waals surface area contributed by atoms with Crippen LogP contribution in [0.1, 0.15) is 29.4 Å². The number of primary amides is 1. The van der Waals surface area contributed by atoms with Gasteiger partial charge in [-0.1, -0.05) is 30.3 Å². The fourth-order valence-corrected chi connectivity index (χ4v) is 2.11. The summed E-state index contributed by atoms with van der Waals surface area (Å²) in [5.74, 6) is -1.16. The Kier molecular flexibility index (Phi) is 3.89. The first-order valence-corrected chi connectivity index (χ1v) is 6.16. The maximum absolute atomic E-state index is 11.7. The monoisotopic (exact) mass is 273 g/mol. The number of carbonyl (C=O) groups is 1. The largest absolute Gasteiger partial charge is 0.502 e. The molecule has 0 saturated carbocycles. The second-order valence-electron chi connectivity index (χ2n) is 4.57. The van der Waals surface area contributed by atoms with Gasteiger partial charge in [0.25, 0.3) is 0 Å². The van der Waals surface area contributed by atoms with Crippen molar-refractivity contribution >= 4 is 5.91 Å². The Bertz CT molecular complexity index is 676. The molecule has 104 valence electrons. The van der Waals surface area contributed by atoms with Crippen molar-refractivity contribution in [2.45, 2.75) is 19.3 Å². The lowest BCUT2D eigenvalue weighted by atomic mass is 9.92. The Morgan fingerprint density at radius 1 is 1.35 bits per heavy atom. The molecule has 2 rings (SSSR count). The zero-order valence-corrected chi connectivity index (χ0v) is 11.0. The van der Waals surface area contributed by atoms with Gasteiger partial charge in [0, 0.05) is 12.5 Å². The van der Waals surface area contributed by atoms with Crippen LogP contribution in [0.3, 0.4) is 0 Å². The van der Waals surface area contributed by atoms with Gasteiger partial charge in [0.15, 0.2) is 5.76 Å². The normalized spacial score (nSPS) is 12.1. The summed E-state index contributed by atoms with van der Waals surface area (Å²) in [7, 11) is 0. The molecular weight excluding hydrogens is 258 g/mol. The second-order valence-corrected chi connectivity index (χ2v) is 4.57. The summed E-state index contributed by atoms with van der Waals surface area (Å²) in [6.45, 7) is 1.61. The van der Waals surface area contributed by atoms with Crippen LogP contribution < -0.4 is 11.2 Å². The third-order valence-electron chi connectivity index (χ3n) is 3.00. The number of nitrogens with two attached hydrogens (primary N) is 1. The molecule has 0 fully saturated rings. The molecule has 2 aromatic rings. The zero-order chi connectivity index (χ0) is 14.7. The molecule has 0 aliphatic rings. The molecule has 3 N–H and O–H groups in total. The molecule has 20 heavy (non-hydrogen) atoms. The molecule has 1 atom stereocenters. The number of hydrogen-bond donors (Lipinski definition) is 2. The standard InChI is InChI=1S/C15H15NO4/c1-9-7-12(17)14(19)15(20-9)11(8-13(16)18)10-5-3-2-4-6-10/h2-7,11,19H,8H2,1H3,(H2,16,18). The van der Waals surface area contributed by atoms with E-state index in [1.165, 1.54) is 6.07 Å². The Morgan fingerprint density at radius 3 is 2.60 bits per heavy atom. The van der Waals surface area contributed by atoms with Crippen molar-refractivity contribution in [2.75, 3.05) is 0 Å². The average molecular weight is 273 g/mol. The van der Waals surface area contributed by atoms with Crippen LogP contribution in [0, 0.1) is 6.92 Å². The number of hydrogen-bond acceptors (Lipinski definition) is 4. The van der Waals surface area contributed by atoms with E-state index in [2.05, 4.69) is 0 Å². The second kappa shape index (κ2) is 5.61. The summed E-state index contributed by atoms with van der Waals surface area (Å²) in [6, 6.07) is 10.2. The maximum atomic E-state index is 11.7. The van der Waals surface area contributed by atoms with Gasteiger partial charge in [-0.05, 0) is 12.5 Å². The van der Waals surface area contributed by atoms with Crippen LogP contribution in [0.25, 0.3) is 0 Å². The first-order valence-electron chi connectivity index (χ1n) is 6.16. The van der Waals surface area contributed by atoms with Crippen LogP contribution in [-0.2, 0) is 4.79 Å². The average Bonchev–Trinajstić information content (AvgIpc) is 2.41. The van der Waals surface area contributed by atoms with E-state index in [1.54, 1.807) is 31.2 Å². The van der Waals surface area contributed by atoms with Crippen molar-refractivity contribution < 1.29 is 14.3 Å². The molecular formula is C15H15NO4. The molecule has 0 bridgehead atoms. The summed E-state index contributed by atoms with van der Waals surface area (Å²) in [6.07, 6.45) is -0.0516. The summed E-state index contributed by atoms with van der Waals surface area (Å²) in [5, 5.41) is 9.91. The van der Waals surface area contributed by atoms with Crippen molar-refractivity contribution in [2.24, 2.45) is 5.73 Å². The highest BCUT2D eigenvalue weighted by atomic mass is 16.4. The van der Waals surface area contributed by atoms with Crippen molar-refractivity contribution in [3.05, 3.63) is 63.7 Å². The molecule has 0 saturated heterocycles. The van der Waals surface area contributed by atoms with Gasteiger partial charge in [-0.3, -0.25) is 9.59 Å². The van der Waals surface area contributed by atoms with Crippen molar-refractivity contribution in [1.82, 2.24) is 0 Å². The highest BCUT2D eigenvalue weighted by molar-refractivity contribution is 5.75. The van der Waals surface area contributed by atoms with Gasteiger partial charge in [0.05, 0.1) is 5.92 Å². The third kappa shape index (κ3) is 2.88. The van der Waals surface area contributed by atoms with Crippen molar-refractivity contribution in [1.29, 1.82) is 0 Å². The molecule has 5 heteroatoms. The highest BCUT2D eigenvalue weighted by Gasteiger charge is 2.24. The van der Waals surface area contributed by atoms with E-state index in [0.717, 1.165) is 5.56 Å². The Hall–Kier alpha value is -2.56. The lowest BCUT2D eigenvalue weighted by Gasteiger charge is -2.16. The predicted octanol–water partition coefficient (Wildman–Crippen LogP) is 1.66. The maximum Gasteiger partial charge on any atom is 0.227 e. The number of aryl methyl sites for hydroxylation is 1. The summed E-state index contributed by atoms with van der Waals surface area (Å²) < 4.78 is 5.45. The van der Waals surface area contributed by atoms with Crippen molar-refractivity contribution in [3.63, 3.8) is 0 Å². The van der Waals surface area contributed by atoms with Crippen molar-refractivity contribution in [3.8, 4) is 5.75 Å². The topological polar surface area (TPSA) is 93.5 Å². The Labute approximate surface area is 115 Å². The van der Waals surface area contributed by atoms with Crippen LogP contribution >= 0.6 is 0 Å². The Morgan fingerprint density at radius 2 is 2.00 bits per heavy atom. The highest BCUT2D eigenvalue weighted by Crippen LogP contribution is 2.32. The van der Waals surface area contributed by atoms with Gasteiger partial charge in [-0.15, -0.1) is 0 Å². The summed E-state index contributed by atoms with van der Waals surface area (Å²) in [4.78, 5) is 22.9. The number of benzene rings is 1. The zero-order valence-electron chi connectivity index (χ0n) is 11.0. The molecule has 0 aliphatic heterocycles. The summed E-state index contributed by atoms with van der Waals surface area (Å²) in [5.41, 5.74) is 5.47.